The molecule has 0 aromatic carbocycles. The van der Waals surface area contributed by atoms with Crippen molar-refractivity contribution in [1.82, 2.24) is 10.2 Å². The van der Waals surface area contributed by atoms with Gasteiger partial charge in [-0.3, -0.25) is 15.0 Å². The van der Waals surface area contributed by atoms with Gasteiger partial charge in [-0.1, -0.05) is 13.0 Å². The van der Waals surface area contributed by atoms with Gasteiger partial charge in [0, 0.05) is 6.20 Å². The molecule has 0 bridgehead atoms. The molecule has 0 aliphatic carbocycles. The third-order valence-electron chi connectivity index (χ3n) is 2.12. The Labute approximate surface area is 96.4 Å². The van der Waals surface area contributed by atoms with Crippen molar-refractivity contribution in [2.75, 3.05) is 0 Å². The second-order valence-electron chi connectivity index (χ2n) is 3.41. The van der Waals surface area contributed by atoms with E-state index >= 15 is 0 Å². The molecule has 3 amide bonds. The van der Waals surface area contributed by atoms with Gasteiger partial charge in [0.15, 0.2) is 0 Å². The van der Waals surface area contributed by atoms with Crippen molar-refractivity contribution in [3.8, 4) is 0 Å². The van der Waals surface area contributed by atoms with Crippen LogP contribution in [0.25, 0.3) is 0 Å². The Morgan fingerprint density at radius 3 is 2.56 bits per heavy atom. The zero-order valence-electron chi connectivity index (χ0n) is 10.3. The number of allylic oxidation sites excluding steroid dienone is 1. The predicted octanol–water partition coefficient (Wildman–Crippen LogP) is 1.85. The molecule has 0 saturated heterocycles. The number of amides is 3. The predicted molar refractivity (Wildman–Crippen MR) is 61.5 cm³/mol. The van der Waals surface area contributed by atoms with E-state index in [9.17, 15) is 9.59 Å². The molecule has 2 atom stereocenters. The third-order valence-corrected chi connectivity index (χ3v) is 2.12. The monoisotopic (exact) mass is 228 g/mol. The van der Waals surface area contributed by atoms with E-state index in [1.165, 1.54) is 4.90 Å². The first-order valence-electron chi connectivity index (χ1n) is 5.37. The van der Waals surface area contributed by atoms with Crippen LogP contribution in [0.15, 0.2) is 12.3 Å². The van der Waals surface area contributed by atoms with E-state index in [1.807, 2.05) is 13.8 Å². The van der Waals surface area contributed by atoms with E-state index in [2.05, 4.69) is 5.32 Å². The van der Waals surface area contributed by atoms with Gasteiger partial charge in [-0.05, 0) is 27.2 Å². The highest BCUT2D eigenvalue weighted by Crippen LogP contribution is 2.07. The third kappa shape index (κ3) is 4.93. The van der Waals surface area contributed by atoms with Crippen LogP contribution in [-0.4, -0.2) is 29.7 Å². The molecular weight excluding hydrogens is 208 g/mol. The number of imide groups is 1. The highest BCUT2D eigenvalue weighted by atomic mass is 16.5. The molecule has 5 heteroatoms. The molecule has 0 aromatic rings. The number of urea groups is 1. The Morgan fingerprint density at radius 2 is 2.12 bits per heavy atom. The van der Waals surface area contributed by atoms with Gasteiger partial charge in [0.2, 0.25) is 6.41 Å². The standard InChI is InChI=1S/C11H20N2O3/c1-5-7-13(11(15)12-8-14)10(4)16-9(3)6-2/h5,7-10H,6H2,1-4H3,(H,12,14,15)/b7-5-. The van der Waals surface area contributed by atoms with Crippen molar-refractivity contribution in [2.45, 2.75) is 46.4 Å². The Bertz CT molecular complexity index is 254. The molecule has 5 nitrogen and oxygen atoms in total. The van der Waals surface area contributed by atoms with Gasteiger partial charge in [-0.25, -0.2) is 4.79 Å². The van der Waals surface area contributed by atoms with E-state index in [-0.39, 0.29) is 6.10 Å². The van der Waals surface area contributed by atoms with Gasteiger partial charge in [-0.2, -0.15) is 0 Å². The summed E-state index contributed by atoms with van der Waals surface area (Å²) in [4.78, 5) is 23.0. The SMILES string of the molecule is C/C=C\N(C(=O)NC=O)C(C)OC(C)CC. The van der Waals surface area contributed by atoms with Gasteiger partial charge in [-0.15, -0.1) is 0 Å². The first-order valence-corrected chi connectivity index (χ1v) is 5.37. The van der Waals surface area contributed by atoms with Crippen LogP contribution in [0.3, 0.4) is 0 Å². The van der Waals surface area contributed by atoms with Crippen molar-refractivity contribution in [2.24, 2.45) is 0 Å². The molecule has 1 N–H and O–H groups in total. The van der Waals surface area contributed by atoms with Crippen LogP contribution in [0.4, 0.5) is 4.79 Å². The van der Waals surface area contributed by atoms with E-state index in [0.29, 0.717) is 6.41 Å². The largest absolute Gasteiger partial charge is 0.355 e. The van der Waals surface area contributed by atoms with Gasteiger partial charge in [0.25, 0.3) is 0 Å². The maximum Gasteiger partial charge on any atom is 0.329 e. The minimum absolute atomic E-state index is 0.0618. The lowest BCUT2D eigenvalue weighted by molar-refractivity contribution is -0.109. The Hall–Kier alpha value is -1.36. The molecular formula is C11H20N2O3. The van der Waals surface area contributed by atoms with Crippen LogP contribution in [0.5, 0.6) is 0 Å². The maximum atomic E-state index is 11.5. The molecule has 16 heavy (non-hydrogen) atoms. The van der Waals surface area contributed by atoms with Crippen LogP contribution >= 0.6 is 0 Å². The van der Waals surface area contributed by atoms with Gasteiger partial charge in [0.1, 0.15) is 6.23 Å². The summed E-state index contributed by atoms with van der Waals surface area (Å²) in [5.41, 5.74) is 0. The van der Waals surface area contributed by atoms with Crippen LogP contribution in [0, 0.1) is 0 Å². The second kappa shape index (κ2) is 7.87. The fourth-order valence-electron chi connectivity index (χ4n) is 1.14. The van der Waals surface area contributed by atoms with E-state index in [0.717, 1.165) is 6.42 Å². The van der Waals surface area contributed by atoms with Gasteiger partial charge >= 0.3 is 6.03 Å². The van der Waals surface area contributed by atoms with Crippen LogP contribution in [0.2, 0.25) is 0 Å². The van der Waals surface area contributed by atoms with E-state index < -0.39 is 12.3 Å². The first kappa shape index (κ1) is 14.6. The molecule has 0 aliphatic rings. The fourth-order valence-corrected chi connectivity index (χ4v) is 1.14. The lowest BCUT2D eigenvalue weighted by Gasteiger charge is -2.27. The molecule has 0 radical (unpaired) electrons. The van der Waals surface area contributed by atoms with Gasteiger partial charge in [0.05, 0.1) is 6.10 Å². The van der Waals surface area contributed by atoms with Crippen molar-refractivity contribution in [3.63, 3.8) is 0 Å². The summed E-state index contributed by atoms with van der Waals surface area (Å²) in [6.45, 7) is 7.48. The normalized spacial score (nSPS) is 14.5. The maximum absolute atomic E-state index is 11.5. The first-order chi connectivity index (χ1) is 7.56. The van der Waals surface area contributed by atoms with Gasteiger partial charge < -0.3 is 4.74 Å². The lowest BCUT2D eigenvalue weighted by Crippen LogP contribution is -2.43. The molecule has 0 rings (SSSR count). The summed E-state index contributed by atoms with van der Waals surface area (Å²) in [6, 6.07) is -0.496. The number of carbonyl (C=O) groups excluding carboxylic acids is 2. The molecule has 0 fully saturated rings. The fraction of sp³-hybridized carbons (Fsp3) is 0.636. The number of hydrogen-bond donors (Lipinski definition) is 1. The number of nitrogens with one attached hydrogen (secondary N) is 1. The summed E-state index contributed by atoms with van der Waals surface area (Å²) in [5.74, 6) is 0. The zero-order valence-corrected chi connectivity index (χ0v) is 10.3. The summed E-state index contributed by atoms with van der Waals surface area (Å²) in [5, 5.41) is 2.08. The average molecular weight is 228 g/mol. The molecule has 0 spiro atoms. The number of nitrogens with zero attached hydrogens (tertiary/aromatic N) is 1. The highest BCUT2D eigenvalue weighted by Gasteiger charge is 2.19. The minimum Gasteiger partial charge on any atom is -0.355 e. The van der Waals surface area contributed by atoms with Crippen molar-refractivity contribution in [3.05, 3.63) is 12.3 Å². The summed E-state index contributed by atoms with van der Waals surface area (Å²) in [6.07, 6.45) is 4.16. The van der Waals surface area contributed by atoms with Crippen LogP contribution in [-0.2, 0) is 9.53 Å². The highest BCUT2D eigenvalue weighted by molar-refractivity contribution is 5.85. The minimum atomic E-state index is -0.496. The summed E-state index contributed by atoms with van der Waals surface area (Å²) in [7, 11) is 0. The summed E-state index contributed by atoms with van der Waals surface area (Å²) >= 11 is 0. The number of rotatable bonds is 6. The second-order valence-corrected chi connectivity index (χ2v) is 3.41. The summed E-state index contributed by atoms with van der Waals surface area (Å²) < 4.78 is 5.58. The molecule has 0 heterocycles. The average Bonchev–Trinajstić information content (AvgIpc) is 2.25. The van der Waals surface area contributed by atoms with Crippen molar-refractivity contribution < 1.29 is 14.3 Å². The Morgan fingerprint density at radius 1 is 1.50 bits per heavy atom. The lowest BCUT2D eigenvalue weighted by atomic mass is 10.3. The van der Waals surface area contributed by atoms with Crippen molar-refractivity contribution >= 4 is 12.4 Å². The molecule has 92 valence electrons. The Kier molecular flexibility index (Phi) is 7.20. The van der Waals surface area contributed by atoms with E-state index in [1.54, 1.807) is 26.1 Å². The molecule has 0 saturated carbocycles. The zero-order chi connectivity index (χ0) is 12.6. The van der Waals surface area contributed by atoms with Crippen LogP contribution < -0.4 is 5.32 Å². The van der Waals surface area contributed by atoms with E-state index in [4.69, 9.17) is 4.74 Å². The topological polar surface area (TPSA) is 58.6 Å². The molecule has 2 unspecified atom stereocenters. The number of carbonyl (C=O) groups is 2. The Balaban J connectivity index is 4.51. The molecule has 0 aromatic heterocycles. The van der Waals surface area contributed by atoms with Crippen molar-refractivity contribution in [1.29, 1.82) is 0 Å². The van der Waals surface area contributed by atoms with Crippen LogP contribution in [0.1, 0.15) is 34.1 Å². The number of hydrogen-bond acceptors (Lipinski definition) is 3. The quantitative estimate of drug-likeness (QED) is 0.557. The smallest absolute Gasteiger partial charge is 0.329 e. The number of ether oxygens (including phenoxy) is 1. The molecule has 0 aliphatic heterocycles.